The van der Waals surface area contributed by atoms with Crippen LogP contribution in [0.15, 0.2) is 164 Å². The summed E-state index contributed by atoms with van der Waals surface area (Å²) in [6, 6.07) is 59.0. The average molecular weight is 649 g/mol. The Hall–Kier alpha value is -6.51. The Morgan fingerprint density at radius 3 is 1.22 bits per heavy atom. The summed E-state index contributed by atoms with van der Waals surface area (Å²) < 4.78 is 0. The molecule has 0 saturated carbocycles. The first kappa shape index (κ1) is 28.3. The van der Waals surface area contributed by atoms with Gasteiger partial charge in [0.2, 0.25) is 0 Å². The average Bonchev–Trinajstić information content (AvgIpc) is 3.16. The van der Waals surface area contributed by atoms with E-state index in [0.29, 0.717) is 0 Å². The van der Waals surface area contributed by atoms with E-state index in [1.165, 1.54) is 97.0 Å². The molecule has 0 saturated heterocycles. The molecule has 0 radical (unpaired) electrons. The van der Waals surface area contributed by atoms with Crippen molar-refractivity contribution in [3.63, 3.8) is 0 Å². The van der Waals surface area contributed by atoms with E-state index in [-0.39, 0.29) is 0 Å². The molecule has 0 bridgehead atoms. The van der Waals surface area contributed by atoms with E-state index in [4.69, 9.17) is 0 Å². The molecule has 0 unspecified atom stereocenters. The fourth-order valence-corrected chi connectivity index (χ4v) is 8.24. The molecule has 51 heavy (non-hydrogen) atoms. The Kier molecular flexibility index (Phi) is 6.11. The number of fused-ring (bicyclic) bond motifs is 10. The van der Waals surface area contributed by atoms with E-state index >= 15 is 0 Å². The molecule has 0 aliphatic rings. The van der Waals surface area contributed by atoms with E-state index in [1.807, 2.05) is 18.3 Å². The van der Waals surface area contributed by atoms with Crippen LogP contribution in [-0.2, 0) is 6.42 Å². The summed E-state index contributed by atoms with van der Waals surface area (Å²) in [5.74, 6) is 0. The molecule has 0 spiro atoms. The number of rotatable bonds is 4. The van der Waals surface area contributed by atoms with Crippen molar-refractivity contribution in [2.75, 3.05) is 11.9 Å². The van der Waals surface area contributed by atoms with E-state index in [1.54, 1.807) is 0 Å². The molecule has 0 atom stereocenters. The molecule has 11 rings (SSSR count). The van der Waals surface area contributed by atoms with Crippen LogP contribution in [0, 0.1) is 0 Å². The Labute approximate surface area is 294 Å². The first-order chi connectivity index (χ1) is 25.2. The summed E-state index contributed by atoms with van der Waals surface area (Å²) in [7, 11) is 0. The van der Waals surface area contributed by atoms with Crippen LogP contribution in [0.3, 0.4) is 0 Å². The zero-order chi connectivity index (χ0) is 33.5. The van der Waals surface area contributed by atoms with Crippen molar-refractivity contribution in [2.24, 2.45) is 0 Å². The lowest BCUT2D eigenvalue weighted by atomic mass is 9.93. The van der Waals surface area contributed by atoms with Crippen LogP contribution < -0.4 is 5.32 Å². The lowest BCUT2D eigenvalue weighted by molar-refractivity contribution is 0.962. The molecule has 238 valence electrons. The molecule has 0 aliphatic carbocycles. The number of hydrogen-bond donors (Lipinski definition) is 1. The van der Waals surface area contributed by atoms with Gasteiger partial charge in [-0.1, -0.05) is 48.5 Å². The third-order valence-corrected chi connectivity index (χ3v) is 10.9. The van der Waals surface area contributed by atoms with Gasteiger partial charge in [0, 0.05) is 30.5 Å². The third kappa shape index (κ3) is 4.83. The molecule has 0 aliphatic heterocycles. The van der Waals surface area contributed by atoms with Gasteiger partial charge in [0.25, 0.3) is 0 Å². The second kappa shape index (κ2) is 11.0. The maximum atomic E-state index is 4.46. The molecule has 1 aromatic heterocycles. The molecule has 2 nitrogen and oxygen atoms in total. The van der Waals surface area contributed by atoms with Crippen LogP contribution in [0.25, 0.3) is 97.0 Å². The first-order valence-electron chi connectivity index (χ1n) is 17.8. The lowest BCUT2D eigenvalue weighted by Gasteiger charge is -2.12. The molecule has 11 aromatic rings. The van der Waals surface area contributed by atoms with Gasteiger partial charge in [0.1, 0.15) is 0 Å². The molecular weight excluding hydrogens is 617 g/mol. The van der Waals surface area contributed by atoms with Crippen molar-refractivity contribution in [3.8, 4) is 0 Å². The van der Waals surface area contributed by atoms with Gasteiger partial charge in [-0.2, -0.15) is 0 Å². The Morgan fingerprint density at radius 1 is 0.333 bits per heavy atom. The minimum absolute atomic E-state index is 0.849. The van der Waals surface area contributed by atoms with Crippen LogP contribution in [0.4, 0.5) is 5.69 Å². The molecule has 2 heteroatoms. The largest absolute Gasteiger partial charge is 0.385 e. The molecule has 0 fully saturated rings. The zero-order valence-electron chi connectivity index (χ0n) is 27.9. The van der Waals surface area contributed by atoms with E-state index in [9.17, 15) is 0 Å². The van der Waals surface area contributed by atoms with Gasteiger partial charge in [0.05, 0.1) is 0 Å². The molecule has 1 N–H and O–H groups in total. The standard InChI is InChI=1S/C49H32N2/c1-2-6-31-16-36-22-41-25-44-28-48-34(19-39(44)23-40(41)21-35(36)15-30(31)5-1)9-8-33-18-38-20-37-17-32-10-11-47(51-14-12-46-7-3-4-13-50-46)27-43(32)24-42(37)26-45(38)29-49(33)48/h1-11,13,15-29,51H,12,14H2. The van der Waals surface area contributed by atoms with E-state index < -0.39 is 0 Å². The van der Waals surface area contributed by atoms with Gasteiger partial charge in [-0.3, -0.25) is 4.98 Å². The monoisotopic (exact) mass is 648 g/mol. The highest BCUT2D eigenvalue weighted by Crippen LogP contribution is 2.37. The van der Waals surface area contributed by atoms with Crippen LogP contribution in [0.5, 0.6) is 0 Å². The van der Waals surface area contributed by atoms with Gasteiger partial charge in [-0.15, -0.1) is 0 Å². The third-order valence-electron chi connectivity index (χ3n) is 10.9. The van der Waals surface area contributed by atoms with Crippen LogP contribution >= 0.6 is 0 Å². The Bertz CT molecular complexity index is 3220. The van der Waals surface area contributed by atoms with Crippen molar-refractivity contribution >= 4 is 103 Å². The van der Waals surface area contributed by atoms with Crippen molar-refractivity contribution in [1.29, 1.82) is 0 Å². The van der Waals surface area contributed by atoms with Gasteiger partial charge >= 0.3 is 0 Å². The topological polar surface area (TPSA) is 24.9 Å². The lowest BCUT2D eigenvalue weighted by Crippen LogP contribution is -2.05. The number of aromatic nitrogens is 1. The normalized spacial score (nSPS) is 12.1. The fraction of sp³-hybridized carbons (Fsp3) is 0.0408. The molecule has 0 amide bonds. The molecular formula is C49H32N2. The van der Waals surface area contributed by atoms with Gasteiger partial charge in [-0.25, -0.2) is 0 Å². The molecule has 1 heterocycles. The fourth-order valence-electron chi connectivity index (χ4n) is 8.24. The van der Waals surface area contributed by atoms with Gasteiger partial charge < -0.3 is 5.32 Å². The van der Waals surface area contributed by atoms with Crippen molar-refractivity contribution in [1.82, 2.24) is 4.98 Å². The van der Waals surface area contributed by atoms with Gasteiger partial charge in [-0.05, 0) is 206 Å². The minimum Gasteiger partial charge on any atom is -0.385 e. The quantitative estimate of drug-likeness (QED) is 0.152. The predicted octanol–water partition coefficient (Wildman–Crippen LogP) is 13.1. The number of hydrogen-bond acceptors (Lipinski definition) is 2. The Balaban J connectivity index is 1.01. The van der Waals surface area contributed by atoms with E-state index in [2.05, 4.69) is 156 Å². The second-order valence-electron chi connectivity index (χ2n) is 14.1. The van der Waals surface area contributed by atoms with Crippen molar-refractivity contribution in [2.45, 2.75) is 6.42 Å². The number of nitrogens with one attached hydrogen (secondary N) is 1. The second-order valence-corrected chi connectivity index (χ2v) is 14.1. The number of benzene rings is 10. The Morgan fingerprint density at radius 2 is 0.725 bits per heavy atom. The highest BCUT2D eigenvalue weighted by atomic mass is 14.9. The summed E-state index contributed by atoms with van der Waals surface area (Å²) in [6.45, 7) is 0.849. The summed E-state index contributed by atoms with van der Waals surface area (Å²) in [5.41, 5.74) is 2.24. The van der Waals surface area contributed by atoms with Gasteiger partial charge in [0.15, 0.2) is 0 Å². The maximum absolute atomic E-state index is 4.46. The highest BCUT2D eigenvalue weighted by Gasteiger charge is 2.10. The van der Waals surface area contributed by atoms with Crippen LogP contribution in [0.1, 0.15) is 5.69 Å². The minimum atomic E-state index is 0.849. The summed E-state index contributed by atoms with van der Waals surface area (Å²) in [6.07, 6.45) is 2.75. The highest BCUT2D eigenvalue weighted by molar-refractivity contribution is 6.18. The van der Waals surface area contributed by atoms with Crippen molar-refractivity contribution in [3.05, 3.63) is 170 Å². The van der Waals surface area contributed by atoms with Crippen LogP contribution in [-0.4, -0.2) is 11.5 Å². The summed E-state index contributed by atoms with van der Waals surface area (Å²) in [5, 5.41) is 26.6. The molecule has 10 aromatic carbocycles. The smallest absolute Gasteiger partial charge is 0.0421 e. The number of anilines is 1. The van der Waals surface area contributed by atoms with E-state index in [0.717, 1.165) is 24.3 Å². The van der Waals surface area contributed by atoms with Crippen LogP contribution in [0.2, 0.25) is 0 Å². The number of nitrogens with zero attached hydrogens (tertiary/aromatic N) is 1. The summed E-state index contributed by atoms with van der Waals surface area (Å²) >= 11 is 0. The SMILES string of the molecule is c1ccc(CCNc2ccc3cc4cc5cc6ccc7cc8cc9cc%10cc%11ccccc%11cc%10cc9cc8cc7c6cc5cc4cc3c2)nc1. The summed E-state index contributed by atoms with van der Waals surface area (Å²) in [4.78, 5) is 4.46. The van der Waals surface area contributed by atoms with Crippen molar-refractivity contribution < 1.29 is 0 Å². The predicted molar refractivity (Wildman–Crippen MR) is 220 cm³/mol. The maximum Gasteiger partial charge on any atom is 0.0421 e. The number of pyridine rings is 1. The first-order valence-corrected chi connectivity index (χ1v) is 17.8. The zero-order valence-corrected chi connectivity index (χ0v) is 27.9.